The predicted octanol–water partition coefficient (Wildman–Crippen LogP) is 5.18. The van der Waals surface area contributed by atoms with Crippen LogP contribution in [0.15, 0.2) is 59.2 Å². The summed E-state index contributed by atoms with van der Waals surface area (Å²) in [5.74, 6) is 0. The van der Waals surface area contributed by atoms with Crippen molar-refractivity contribution in [3.8, 4) is 0 Å². The average Bonchev–Trinajstić information content (AvgIpc) is 2.92. The second-order valence-electron chi connectivity index (χ2n) is 5.13. The van der Waals surface area contributed by atoms with Gasteiger partial charge in [0.05, 0.1) is 12.3 Å². The molecule has 0 aliphatic carbocycles. The van der Waals surface area contributed by atoms with Gasteiger partial charge in [-0.25, -0.2) is 0 Å². The second-order valence-corrected chi connectivity index (χ2v) is 5.57. The van der Waals surface area contributed by atoms with E-state index in [-0.39, 0.29) is 6.04 Å². The molecule has 0 aliphatic heterocycles. The van der Waals surface area contributed by atoms with Gasteiger partial charge in [0.2, 0.25) is 0 Å². The minimum Gasteiger partial charge on any atom is -0.464 e. The molecule has 0 saturated heterocycles. The van der Waals surface area contributed by atoms with E-state index in [2.05, 4.69) is 24.4 Å². The Morgan fingerprint density at radius 1 is 1.14 bits per heavy atom. The fourth-order valence-corrected chi connectivity index (χ4v) is 2.80. The van der Waals surface area contributed by atoms with Crippen LogP contribution in [0.25, 0.3) is 11.0 Å². The monoisotopic (exact) mass is 299 g/mol. The third kappa shape index (κ3) is 2.97. The maximum atomic E-state index is 6.15. The summed E-state index contributed by atoms with van der Waals surface area (Å²) in [5, 5.41) is 5.49. The smallest absolute Gasteiger partial charge is 0.134 e. The summed E-state index contributed by atoms with van der Waals surface area (Å²) in [6, 6.07) is 16.2. The highest BCUT2D eigenvalue weighted by Gasteiger charge is 2.18. The second kappa shape index (κ2) is 6.33. The van der Waals surface area contributed by atoms with Crippen LogP contribution in [0.4, 0.5) is 0 Å². The standard InChI is InChI=1S/C18H18ClNO/c1-2-10-20-18(13-6-5-7-14(19)11-13)16-12-21-17-9-4-3-8-15(16)17/h3-9,11-12,18,20H,2,10H2,1H3. The van der Waals surface area contributed by atoms with Crippen LogP contribution >= 0.6 is 11.6 Å². The van der Waals surface area contributed by atoms with Crippen LogP contribution in [0.3, 0.4) is 0 Å². The maximum Gasteiger partial charge on any atom is 0.134 e. The molecular weight excluding hydrogens is 282 g/mol. The van der Waals surface area contributed by atoms with E-state index in [9.17, 15) is 0 Å². The number of hydrogen-bond donors (Lipinski definition) is 1. The van der Waals surface area contributed by atoms with Crippen LogP contribution in [0.2, 0.25) is 5.02 Å². The molecule has 0 fully saturated rings. The first-order valence-electron chi connectivity index (χ1n) is 7.24. The van der Waals surface area contributed by atoms with Crippen LogP contribution in [-0.4, -0.2) is 6.54 Å². The first-order valence-corrected chi connectivity index (χ1v) is 7.62. The SMILES string of the molecule is CCCNC(c1cccc(Cl)c1)c1coc2ccccc12. The van der Waals surface area contributed by atoms with E-state index >= 15 is 0 Å². The van der Waals surface area contributed by atoms with Gasteiger partial charge in [0, 0.05) is 16.0 Å². The summed E-state index contributed by atoms with van der Waals surface area (Å²) >= 11 is 6.15. The average molecular weight is 300 g/mol. The van der Waals surface area contributed by atoms with Crippen molar-refractivity contribution in [2.75, 3.05) is 6.54 Å². The zero-order valence-corrected chi connectivity index (χ0v) is 12.7. The molecule has 1 heterocycles. The van der Waals surface area contributed by atoms with Crippen molar-refractivity contribution in [2.24, 2.45) is 0 Å². The molecule has 1 aromatic heterocycles. The number of nitrogens with one attached hydrogen (secondary N) is 1. The molecular formula is C18H18ClNO. The quantitative estimate of drug-likeness (QED) is 0.702. The van der Waals surface area contributed by atoms with Gasteiger partial charge in [0.25, 0.3) is 0 Å². The van der Waals surface area contributed by atoms with Crippen molar-refractivity contribution in [1.29, 1.82) is 0 Å². The minimum atomic E-state index is 0.0901. The molecule has 1 unspecified atom stereocenters. The van der Waals surface area contributed by atoms with Crippen LogP contribution in [-0.2, 0) is 0 Å². The predicted molar refractivity (Wildman–Crippen MR) is 87.8 cm³/mol. The van der Waals surface area contributed by atoms with E-state index in [1.165, 1.54) is 0 Å². The van der Waals surface area contributed by atoms with Crippen molar-refractivity contribution in [3.05, 3.63) is 70.9 Å². The van der Waals surface area contributed by atoms with Crippen molar-refractivity contribution in [1.82, 2.24) is 5.32 Å². The number of rotatable bonds is 5. The molecule has 0 saturated carbocycles. The molecule has 2 nitrogen and oxygen atoms in total. The Kier molecular flexibility index (Phi) is 4.28. The van der Waals surface area contributed by atoms with Crippen molar-refractivity contribution >= 4 is 22.6 Å². The molecule has 1 atom stereocenters. The number of para-hydroxylation sites is 1. The fourth-order valence-electron chi connectivity index (χ4n) is 2.60. The minimum absolute atomic E-state index is 0.0901. The zero-order chi connectivity index (χ0) is 14.7. The Morgan fingerprint density at radius 2 is 2.00 bits per heavy atom. The molecule has 3 rings (SSSR count). The first kappa shape index (κ1) is 14.2. The Bertz CT molecular complexity index is 735. The molecule has 3 aromatic rings. The summed E-state index contributed by atoms with van der Waals surface area (Å²) in [6.45, 7) is 3.10. The molecule has 0 radical (unpaired) electrons. The van der Waals surface area contributed by atoms with Gasteiger partial charge in [-0.1, -0.05) is 48.9 Å². The lowest BCUT2D eigenvalue weighted by atomic mass is 9.98. The summed E-state index contributed by atoms with van der Waals surface area (Å²) in [5.41, 5.74) is 3.22. The molecule has 0 spiro atoms. The summed E-state index contributed by atoms with van der Waals surface area (Å²) < 4.78 is 5.69. The van der Waals surface area contributed by atoms with E-state index in [1.54, 1.807) is 0 Å². The highest BCUT2D eigenvalue weighted by Crippen LogP contribution is 2.31. The Morgan fingerprint density at radius 3 is 2.81 bits per heavy atom. The molecule has 2 aromatic carbocycles. The summed E-state index contributed by atoms with van der Waals surface area (Å²) in [6.07, 6.45) is 2.92. The molecule has 0 amide bonds. The molecule has 108 valence electrons. The van der Waals surface area contributed by atoms with Gasteiger partial charge >= 0.3 is 0 Å². The van der Waals surface area contributed by atoms with Crippen LogP contribution in [0.5, 0.6) is 0 Å². The molecule has 0 bridgehead atoms. The van der Waals surface area contributed by atoms with Crippen molar-refractivity contribution < 1.29 is 4.42 Å². The summed E-state index contributed by atoms with van der Waals surface area (Å²) in [4.78, 5) is 0. The zero-order valence-electron chi connectivity index (χ0n) is 12.0. The van der Waals surface area contributed by atoms with E-state index in [0.29, 0.717) is 0 Å². The Hall–Kier alpha value is -1.77. The van der Waals surface area contributed by atoms with Crippen LogP contribution in [0, 0.1) is 0 Å². The lowest BCUT2D eigenvalue weighted by Crippen LogP contribution is -2.22. The fraction of sp³-hybridized carbons (Fsp3) is 0.222. The number of halogens is 1. The van der Waals surface area contributed by atoms with Gasteiger partial charge in [-0.2, -0.15) is 0 Å². The van der Waals surface area contributed by atoms with Gasteiger partial charge in [0.1, 0.15) is 5.58 Å². The molecule has 1 N–H and O–H groups in total. The molecule has 0 aliphatic rings. The number of furan rings is 1. The highest BCUT2D eigenvalue weighted by molar-refractivity contribution is 6.30. The largest absolute Gasteiger partial charge is 0.464 e. The van der Waals surface area contributed by atoms with E-state index < -0.39 is 0 Å². The number of hydrogen-bond acceptors (Lipinski definition) is 2. The van der Waals surface area contributed by atoms with Crippen LogP contribution < -0.4 is 5.32 Å². The third-order valence-electron chi connectivity index (χ3n) is 3.60. The Balaban J connectivity index is 2.06. The van der Waals surface area contributed by atoms with Gasteiger partial charge < -0.3 is 9.73 Å². The summed E-state index contributed by atoms with van der Waals surface area (Å²) in [7, 11) is 0. The van der Waals surface area contributed by atoms with E-state index in [0.717, 1.165) is 40.1 Å². The molecule has 3 heteroatoms. The topological polar surface area (TPSA) is 25.2 Å². The van der Waals surface area contributed by atoms with E-state index in [1.807, 2.05) is 42.7 Å². The van der Waals surface area contributed by atoms with Crippen molar-refractivity contribution in [3.63, 3.8) is 0 Å². The number of benzene rings is 2. The maximum absolute atomic E-state index is 6.15. The normalized spacial score (nSPS) is 12.7. The number of fused-ring (bicyclic) bond motifs is 1. The van der Waals surface area contributed by atoms with E-state index in [4.69, 9.17) is 16.0 Å². The van der Waals surface area contributed by atoms with Gasteiger partial charge in [-0.05, 0) is 36.7 Å². The third-order valence-corrected chi connectivity index (χ3v) is 3.84. The van der Waals surface area contributed by atoms with Gasteiger partial charge in [0.15, 0.2) is 0 Å². The molecule has 21 heavy (non-hydrogen) atoms. The van der Waals surface area contributed by atoms with Crippen molar-refractivity contribution in [2.45, 2.75) is 19.4 Å². The first-order chi connectivity index (χ1) is 10.3. The Labute approximate surface area is 129 Å². The lowest BCUT2D eigenvalue weighted by Gasteiger charge is -2.18. The van der Waals surface area contributed by atoms with Gasteiger partial charge in [-0.15, -0.1) is 0 Å². The highest BCUT2D eigenvalue weighted by atomic mass is 35.5. The van der Waals surface area contributed by atoms with Crippen LogP contribution in [0.1, 0.15) is 30.5 Å². The van der Waals surface area contributed by atoms with Gasteiger partial charge in [-0.3, -0.25) is 0 Å². The lowest BCUT2D eigenvalue weighted by molar-refractivity contribution is 0.572.